The fourth-order valence-electron chi connectivity index (χ4n) is 3.14. The van der Waals surface area contributed by atoms with Gasteiger partial charge in [-0.3, -0.25) is 9.59 Å². The molecule has 122 valence electrons. The van der Waals surface area contributed by atoms with Crippen LogP contribution in [0.15, 0.2) is 35.2 Å². The molecule has 1 aliphatic rings. The monoisotopic (exact) mass is 315 g/mol. The van der Waals surface area contributed by atoms with E-state index in [-0.39, 0.29) is 11.8 Å². The van der Waals surface area contributed by atoms with Gasteiger partial charge in [0.25, 0.3) is 11.7 Å². The van der Waals surface area contributed by atoms with Crippen LogP contribution in [0.5, 0.6) is 0 Å². The summed E-state index contributed by atoms with van der Waals surface area (Å²) in [5.74, 6) is 0.0721. The molecule has 3 heterocycles. The molecule has 0 spiro atoms. The lowest BCUT2D eigenvalue weighted by molar-refractivity contribution is -0.130. The number of hydrogen-bond donors (Lipinski definition) is 0. The summed E-state index contributed by atoms with van der Waals surface area (Å²) in [4.78, 5) is 30.7. The van der Waals surface area contributed by atoms with Crippen molar-refractivity contribution in [3.05, 3.63) is 42.4 Å². The third kappa shape index (κ3) is 3.36. The lowest BCUT2D eigenvalue weighted by atomic mass is 9.98. The number of aromatic nitrogens is 2. The first-order chi connectivity index (χ1) is 11.2. The quantitative estimate of drug-likeness (QED) is 0.628. The van der Waals surface area contributed by atoms with E-state index in [1.165, 1.54) is 12.3 Å². The first-order valence-corrected chi connectivity index (χ1v) is 8.03. The summed E-state index contributed by atoms with van der Waals surface area (Å²) in [7, 11) is 0. The summed E-state index contributed by atoms with van der Waals surface area (Å²) >= 11 is 0. The predicted octanol–water partition coefficient (Wildman–Crippen LogP) is 2.44. The number of carbonyl (C=O) groups excluding carboxylic acids is 2. The van der Waals surface area contributed by atoms with E-state index in [4.69, 9.17) is 4.42 Å². The van der Waals surface area contributed by atoms with Gasteiger partial charge in [0.05, 0.1) is 6.26 Å². The van der Waals surface area contributed by atoms with Crippen LogP contribution in [-0.2, 0) is 11.3 Å². The number of aryl methyl sites for hydroxylation is 2. The highest BCUT2D eigenvalue weighted by molar-refractivity contribution is 6.42. The van der Waals surface area contributed by atoms with E-state index in [9.17, 15) is 9.59 Å². The number of likely N-dealkylation sites (tertiary alicyclic amines) is 1. The maximum Gasteiger partial charge on any atom is 0.298 e. The van der Waals surface area contributed by atoms with Crippen LogP contribution in [0.4, 0.5) is 0 Å². The number of imidazole rings is 1. The molecule has 0 saturated carbocycles. The molecule has 0 aliphatic carbocycles. The average Bonchev–Trinajstić information content (AvgIpc) is 3.23. The molecule has 0 radical (unpaired) electrons. The van der Waals surface area contributed by atoms with Gasteiger partial charge in [-0.15, -0.1) is 0 Å². The van der Waals surface area contributed by atoms with Gasteiger partial charge in [-0.2, -0.15) is 0 Å². The van der Waals surface area contributed by atoms with Crippen molar-refractivity contribution in [1.29, 1.82) is 0 Å². The molecule has 0 unspecified atom stereocenters. The summed E-state index contributed by atoms with van der Waals surface area (Å²) < 4.78 is 7.14. The minimum Gasteiger partial charge on any atom is -0.461 e. The zero-order valence-corrected chi connectivity index (χ0v) is 13.3. The Labute approximate surface area is 135 Å². The van der Waals surface area contributed by atoms with Crippen molar-refractivity contribution in [2.24, 2.45) is 0 Å². The molecule has 1 aliphatic heterocycles. The van der Waals surface area contributed by atoms with E-state index in [1.807, 2.05) is 13.1 Å². The highest BCUT2D eigenvalue weighted by atomic mass is 16.3. The van der Waals surface area contributed by atoms with Crippen molar-refractivity contribution in [1.82, 2.24) is 14.5 Å². The summed E-state index contributed by atoms with van der Waals surface area (Å²) in [6.45, 7) is 3.40. The summed E-state index contributed by atoms with van der Waals surface area (Å²) in [6, 6.07) is 3.25. The highest BCUT2D eigenvalue weighted by Gasteiger charge is 2.32. The van der Waals surface area contributed by atoms with E-state index >= 15 is 0 Å². The number of Topliss-reactive ketones (excluding diaryl/α,β-unsaturated/α-hetero) is 1. The van der Waals surface area contributed by atoms with Gasteiger partial charge in [0.1, 0.15) is 5.82 Å². The van der Waals surface area contributed by atoms with E-state index in [0.29, 0.717) is 6.54 Å². The van der Waals surface area contributed by atoms with Gasteiger partial charge in [-0.1, -0.05) is 0 Å². The molecule has 0 aromatic carbocycles. The van der Waals surface area contributed by atoms with Gasteiger partial charge in [-0.05, 0) is 44.7 Å². The molecule has 1 saturated heterocycles. The van der Waals surface area contributed by atoms with E-state index < -0.39 is 11.7 Å². The third-order valence-corrected chi connectivity index (χ3v) is 4.45. The van der Waals surface area contributed by atoms with Crippen molar-refractivity contribution >= 4 is 11.7 Å². The largest absolute Gasteiger partial charge is 0.461 e. The zero-order valence-electron chi connectivity index (χ0n) is 13.3. The first kappa shape index (κ1) is 15.5. The first-order valence-electron chi connectivity index (χ1n) is 8.03. The molecule has 1 amide bonds. The van der Waals surface area contributed by atoms with Crippen LogP contribution in [-0.4, -0.2) is 38.7 Å². The van der Waals surface area contributed by atoms with Crippen molar-refractivity contribution < 1.29 is 14.0 Å². The standard InChI is InChI=1S/C17H21N3O3/c1-13-18-8-11-19(13)10-7-14-5-2-3-9-20(14)17(22)16(21)15-6-4-12-23-15/h4,6,8,11-12,14H,2-3,5,7,9-10H2,1H3/t14-/m1/s1. The molecule has 3 rings (SSSR count). The Morgan fingerprint density at radius 1 is 1.39 bits per heavy atom. The van der Waals surface area contributed by atoms with Crippen LogP contribution in [0.3, 0.4) is 0 Å². The van der Waals surface area contributed by atoms with Crippen molar-refractivity contribution in [2.75, 3.05) is 6.54 Å². The zero-order chi connectivity index (χ0) is 16.2. The third-order valence-electron chi connectivity index (χ3n) is 4.45. The molecule has 0 bridgehead atoms. The lowest BCUT2D eigenvalue weighted by Gasteiger charge is -2.35. The molecule has 6 nitrogen and oxygen atoms in total. The SMILES string of the molecule is Cc1nccn1CC[C@H]1CCCCN1C(=O)C(=O)c1ccco1. The van der Waals surface area contributed by atoms with Crippen molar-refractivity contribution in [3.8, 4) is 0 Å². The van der Waals surface area contributed by atoms with Crippen molar-refractivity contribution in [2.45, 2.75) is 45.2 Å². The lowest BCUT2D eigenvalue weighted by Crippen LogP contribution is -2.47. The number of nitrogens with zero attached hydrogens (tertiary/aromatic N) is 3. The number of amides is 1. The highest BCUT2D eigenvalue weighted by Crippen LogP contribution is 2.22. The summed E-state index contributed by atoms with van der Waals surface area (Å²) in [5, 5.41) is 0. The number of piperidine rings is 1. The van der Waals surface area contributed by atoms with Gasteiger partial charge in [0.15, 0.2) is 5.76 Å². The molecular formula is C17H21N3O3. The normalized spacial score (nSPS) is 18.1. The van der Waals surface area contributed by atoms with E-state index in [0.717, 1.165) is 38.1 Å². The van der Waals surface area contributed by atoms with Crippen LogP contribution in [0, 0.1) is 6.92 Å². The maximum atomic E-state index is 12.5. The average molecular weight is 315 g/mol. The Bertz CT molecular complexity index is 675. The Morgan fingerprint density at radius 3 is 2.96 bits per heavy atom. The summed E-state index contributed by atoms with van der Waals surface area (Å²) in [6.07, 6.45) is 8.93. The molecule has 1 atom stereocenters. The molecule has 6 heteroatoms. The number of rotatable bonds is 5. The number of furan rings is 1. The molecule has 2 aromatic heterocycles. The minimum absolute atomic E-state index is 0.0944. The van der Waals surface area contributed by atoms with Crippen LogP contribution >= 0.6 is 0 Å². The summed E-state index contributed by atoms with van der Waals surface area (Å²) in [5.41, 5.74) is 0. The van der Waals surface area contributed by atoms with Crippen LogP contribution < -0.4 is 0 Å². The number of hydrogen-bond acceptors (Lipinski definition) is 4. The Hall–Kier alpha value is -2.37. The van der Waals surface area contributed by atoms with Crippen LogP contribution in [0.1, 0.15) is 42.1 Å². The van der Waals surface area contributed by atoms with Gasteiger partial charge in [0.2, 0.25) is 0 Å². The fraction of sp³-hybridized carbons (Fsp3) is 0.471. The molecule has 1 fully saturated rings. The molecule has 23 heavy (non-hydrogen) atoms. The van der Waals surface area contributed by atoms with Gasteiger partial charge < -0.3 is 13.9 Å². The van der Waals surface area contributed by atoms with E-state index in [1.54, 1.807) is 17.2 Å². The van der Waals surface area contributed by atoms with Crippen LogP contribution in [0.2, 0.25) is 0 Å². The molecular weight excluding hydrogens is 294 g/mol. The Balaban J connectivity index is 1.67. The second-order valence-electron chi connectivity index (χ2n) is 5.91. The minimum atomic E-state index is -0.555. The van der Waals surface area contributed by atoms with E-state index in [2.05, 4.69) is 9.55 Å². The van der Waals surface area contributed by atoms with Gasteiger partial charge in [0, 0.05) is 31.5 Å². The Morgan fingerprint density at radius 2 is 2.26 bits per heavy atom. The molecule has 0 N–H and O–H groups in total. The smallest absolute Gasteiger partial charge is 0.298 e. The number of ketones is 1. The van der Waals surface area contributed by atoms with Gasteiger partial charge in [-0.25, -0.2) is 4.98 Å². The van der Waals surface area contributed by atoms with Gasteiger partial charge >= 0.3 is 0 Å². The van der Waals surface area contributed by atoms with Crippen LogP contribution in [0.25, 0.3) is 0 Å². The molecule has 2 aromatic rings. The Kier molecular flexibility index (Phi) is 4.60. The second kappa shape index (κ2) is 6.81. The topological polar surface area (TPSA) is 68.3 Å². The maximum absolute atomic E-state index is 12.5. The predicted molar refractivity (Wildman–Crippen MR) is 84.0 cm³/mol. The fourth-order valence-corrected chi connectivity index (χ4v) is 3.14. The van der Waals surface area contributed by atoms with Crippen molar-refractivity contribution in [3.63, 3.8) is 0 Å². The second-order valence-corrected chi connectivity index (χ2v) is 5.91. The number of carbonyl (C=O) groups is 2.